The number of hydrogen-bond acceptors (Lipinski definition) is 7. The highest BCUT2D eigenvalue weighted by atomic mass is 79.9. The van der Waals surface area contributed by atoms with E-state index in [1.807, 2.05) is 0 Å². The molecule has 0 saturated carbocycles. The van der Waals surface area contributed by atoms with Crippen LogP contribution in [-0.4, -0.2) is 42.4 Å². The van der Waals surface area contributed by atoms with Gasteiger partial charge in [-0.2, -0.15) is 0 Å². The molecule has 0 N–H and O–H groups in total. The van der Waals surface area contributed by atoms with Crippen molar-refractivity contribution in [3.05, 3.63) is 44.4 Å². The summed E-state index contributed by atoms with van der Waals surface area (Å²) >= 11 is 3.23. The summed E-state index contributed by atoms with van der Waals surface area (Å²) in [6.45, 7) is 1.47. The van der Waals surface area contributed by atoms with Gasteiger partial charge in [0.25, 0.3) is 0 Å². The number of hydrogen-bond donors (Lipinski definition) is 0. The van der Waals surface area contributed by atoms with E-state index in [-0.39, 0.29) is 6.61 Å². The van der Waals surface area contributed by atoms with Crippen molar-refractivity contribution in [1.82, 2.24) is 0 Å². The number of Topliss-reactive ketones (excluding diaryl/α,β-unsaturated/α-hetero) is 1. The number of carbonyl (C=O) groups is 3. The monoisotopic (exact) mass is 401 g/mol. The van der Waals surface area contributed by atoms with Gasteiger partial charge in [-0.1, -0.05) is 28.1 Å². The molecular formula is C15H16BrNO7. The van der Waals surface area contributed by atoms with Gasteiger partial charge in [-0.15, -0.1) is 0 Å². The van der Waals surface area contributed by atoms with Crippen LogP contribution >= 0.6 is 15.9 Å². The molecule has 0 saturated heterocycles. The zero-order valence-electron chi connectivity index (χ0n) is 13.1. The Balaban J connectivity index is 3.29. The van der Waals surface area contributed by atoms with Gasteiger partial charge in [0.1, 0.15) is 0 Å². The quantitative estimate of drug-likeness (QED) is 0.282. The lowest BCUT2D eigenvalue weighted by atomic mass is 9.87. The van der Waals surface area contributed by atoms with Gasteiger partial charge in [0.15, 0.2) is 0 Å². The molecule has 0 radical (unpaired) electrons. The Morgan fingerprint density at radius 1 is 1.33 bits per heavy atom. The lowest BCUT2D eigenvalue weighted by molar-refractivity contribution is -0.514. The molecule has 1 rings (SSSR count). The summed E-state index contributed by atoms with van der Waals surface area (Å²) in [5.74, 6) is -4.31. The standard InChI is InChI=1S/C15H16BrNO7/c1-3-24-15(20)13(17(21)22)11(8-12(18)14(19)23-2)9-5-4-6-10(16)7-9/h4-7,11,13H,3,8H2,1-2H3/t11-,13?/m1/s1. The maximum absolute atomic E-state index is 12.0. The number of carbonyl (C=O) groups excluding carboxylic acids is 3. The molecule has 0 bridgehead atoms. The average Bonchev–Trinajstić information content (AvgIpc) is 2.53. The largest absolute Gasteiger partial charge is 0.463 e. The summed E-state index contributed by atoms with van der Waals surface area (Å²) in [6.07, 6.45) is -0.548. The molecule has 0 aliphatic rings. The lowest BCUT2D eigenvalue weighted by Gasteiger charge is -2.19. The van der Waals surface area contributed by atoms with Crippen molar-refractivity contribution in [2.75, 3.05) is 13.7 Å². The molecular weight excluding hydrogens is 386 g/mol. The van der Waals surface area contributed by atoms with Gasteiger partial charge in [-0.3, -0.25) is 14.9 Å². The van der Waals surface area contributed by atoms with Crippen LogP contribution in [0.1, 0.15) is 24.8 Å². The summed E-state index contributed by atoms with van der Waals surface area (Å²) < 4.78 is 9.70. The summed E-state index contributed by atoms with van der Waals surface area (Å²) in [5, 5.41) is 11.4. The molecule has 0 fully saturated rings. The fraction of sp³-hybridized carbons (Fsp3) is 0.400. The maximum Gasteiger partial charge on any atom is 0.382 e. The number of ether oxygens (including phenoxy) is 2. The van der Waals surface area contributed by atoms with Crippen LogP contribution in [0.3, 0.4) is 0 Å². The number of benzene rings is 1. The van der Waals surface area contributed by atoms with Gasteiger partial charge < -0.3 is 9.47 Å². The molecule has 0 aliphatic carbocycles. The predicted molar refractivity (Wildman–Crippen MR) is 85.9 cm³/mol. The minimum absolute atomic E-state index is 0.0423. The Hall–Kier alpha value is -2.29. The molecule has 130 valence electrons. The van der Waals surface area contributed by atoms with Crippen LogP contribution in [0.5, 0.6) is 0 Å². The fourth-order valence-electron chi connectivity index (χ4n) is 2.17. The van der Waals surface area contributed by atoms with Crippen LogP contribution in [0.25, 0.3) is 0 Å². The van der Waals surface area contributed by atoms with E-state index in [4.69, 9.17) is 4.74 Å². The number of rotatable bonds is 8. The van der Waals surface area contributed by atoms with Crippen molar-refractivity contribution in [2.24, 2.45) is 0 Å². The van der Waals surface area contributed by atoms with Gasteiger partial charge in [0.2, 0.25) is 5.78 Å². The van der Waals surface area contributed by atoms with Gasteiger partial charge in [0, 0.05) is 15.8 Å². The zero-order chi connectivity index (χ0) is 18.3. The van der Waals surface area contributed by atoms with Crippen molar-refractivity contribution >= 4 is 33.7 Å². The molecule has 0 aliphatic heterocycles. The van der Waals surface area contributed by atoms with Crippen molar-refractivity contribution in [3.8, 4) is 0 Å². The van der Waals surface area contributed by atoms with E-state index in [1.54, 1.807) is 18.2 Å². The van der Waals surface area contributed by atoms with Gasteiger partial charge >= 0.3 is 18.0 Å². The fourth-order valence-corrected chi connectivity index (χ4v) is 2.59. The Kier molecular flexibility index (Phi) is 7.50. The van der Waals surface area contributed by atoms with E-state index in [2.05, 4.69) is 20.7 Å². The smallest absolute Gasteiger partial charge is 0.382 e. The molecule has 8 nitrogen and oxygen atoms in total. The SMILES string of the molecule is CCOC(=O)C([C@H](CC(=O)C(=O)OC)c1cccc(Br)c1)[N+](=O)[O-]. The lowest BCUT2D eigenvalue weighted by Crippen LogP contribution is -2.39. The van der Waals surface area contributed by atoms with E-state index in [9.17, 15) is 24.5 Å². The van der Waals surface area contributed by atoms with Gasteiger partial charge in [-0.25, -0.2) is 9.59 Å². The predicted octanol–water partition coefficient (Wildman–Crippen LogP) is 1.87. The molecule has 0 aromatic heterocycles. The number of nitro groups is 1. The number of ketones is 1. The highest BCUT2D eigenvalue weighted by Crippen LogP contribution is 2.29. The Bertz CT molecular complexity index is 646. The van der Waals surface area contributed by atoms with Crippen LogP contribution in [-0.2, 0) is 23.9 Å². The second-order valence-electron chi connectivity index (χ2n) is 4.76. The molecule has 2 atom stereocenters. The van der Waals surface area contributed by atoms with E-state index in [0.717, 1.165) is 7.11 Å². The Morgan fingerprint density at radius 3 is 2.50 bits per heavy atom. The molecule has 0 amide bonds. The first-order valence-corrected chi connectivity index (χ1v) is 7.77. The normalized spacial score (nSPS) is 12.8. The average molecular weight is 402 g/mol. The van der Waals surface area contributed by atoms with Crippen LogP contribution in [0, 0.1) is 10.1 Å². The van der Waals surface area contributed by atoms with E-state index < -0.39 is 41.0 Å². The van der Waals surface area contributed by atoms with Crippen LogP contribution in [0.4, 0.5) is 0 Å². The van der Waals surface area contributed by atoms with Crippen LogP contribution in [0.15, 0.2) is 28.7 Å². The summed E-state index contributed by atoms with van der Waals surface area (Å²) in [4.78, 5) is 45.8. The van der Waals surface area contributed by atoms with Crippen molar-refractivity contribution < 1.29 is 28.8 Å². The minimum atomic E-state index is -1.81. The Labute approximate surface area is 146 Å². The highest BCUT2D eigenvalue weighted by molar-refractivity contribution is 9.10. The molecule has 0 heterocycles. The zero-order valence-corrected chi connectivity index (χ0v) is 14.6. The summed E-state index contributed by atoms with van der Waals surface area (Å²) in [6, 6.07) is 4.57. The minimum Gasteiger partial charge on any atom is -0.463 e. The molecule has 1 unspecified atom stereocenters. The third kappa shape index (κ3) is 5.12. The molecule has 24 heavy (non-hydrogen) atoms. The first-order valence-electron chi connectivity index (χ1n) is 6.98. The third-order valence-corrected chi connectivity index (χ3v) is 3.72. The maximum atomic E-state index is 12.0. The molecule has 9 heteroatoms. The van der Waals surface area contributed by atoms with E-state index >= 15 is 0 Å². The van der Waals surface area contributed by atoms with E-state index in [0.29, 0.717) is 10.0 Å². The van der Waals surface area contributed by atoms with Crippen molar-refractivity contribution in [1.29, 1.82) is 0 Å². The highest BCUT2D eigenvalue weighted by Gasteiger charge is 2.43. The van der Waals surface area contributed by atoms with E-state index in [1.165, 1.54) is 13.0 Å². The molecule has 1 aromatic rings. The molecule has 0 spiro atoms. The number of esters is 2. The molecule has 1 aromatic carbocycles. The third-order valence-electron chi connectivity index (χ3n) is 3.23. The topological polar surface area (TPSA) is 113 Å². The Morgan fingerprint density at radius 2 is 2.00 bits per heavy atom. The van der Waals surface area contributed by atoms with Crippen LogP contribution < -0.4 is 0 Å². The first-order chi connectivity index (χ1) is 11.3. The summed E-state index contributed by atoms with van der Waals surface area (Å²) in [5.41, 5.74) is 0.358. The second-order valence-corrected chi connectivity index (χ2v) is 5.68. The van der Waals surface area contributed by atoms with Crippen molar-refractivity contribution in [3.63, 3.8) is 0 Å². The summed E-state index contributed by atoms with van der Waals surface area (Å²) in [7, 11) is 1.03. The second kappa shape index (κ2) is 9.11. The van der Waals surface area contributed by atoms with Crippen LogP contribution in [0.2, 0.25) is 0 Å². The van der Waals surface area contributed by atoms with Gasteiger partial charge in [-0.05, 0) is 24.6 Å². The number of halogens is 1. The van der Waals surface area contributed by atoms with Crippen molar-refractivity contribution in [2.45, 2.75) is 25.3 Å². The van der Waals surface area contributed by atoms with Gasteiger partial charge in [0.05, 0.1) is 19.6 Å². The first kappa shape index (κ1) is 19.8. The number of methoxy groups -OCH3 is 1. The number of nitrogens with zero attached hydrogens (tertiary/aromatic N) is 1.